The summed E-state index contributed by atoms with van der Waals surface area (Å²) in [5, 5.41) is 19.8. The lowest BCUT2D eigenvalue weighted by Gasteiger charge is -2.06. The first kappa shape index (κ1) is 32.7. The number of halogens is 1. The van der Waals surface area contributed by atoms with Crippen molar-refractivity contribution in [3.8, 4) is 22.5 Å². The SMILES string of the molecule is Brc1ccc2c(ccn2-c2cccnc2)c1.Cc1ccc(-c2ccc3c(ccn3-c3cccnc3)c2)cc1.Cc1ccc(B(O)O)cc1. The van der Waals surface area contributed by atoms with E-state index in [1.807, 2.05) is 43.6 Å². The van der Waals surface area contributed by atoms with Crippen LogP contribution in [0.3, 0.4) is 0 Å². The van der Waals surface area contributed by atoms with Gasteiger partial charge < -0.3 is 19.2 Å². The highest BCUT2D eigenvalue weighted by Crippen LogP contribution is 2.27. The van der Waals surface area contributed by atoms with Crippen LogP contribution in [0.4, 0.5) is 0 Å². The molecule has 0 radical (unpaired) electrons. The largest absolute Gasteiger partial charge is 0.488 e. The Morgan fingerprint density at radius 1 is 0.562 bits per heavy atom. The van der Waals surface area contributed by atoms with Crippen molar-refractivity contribution in [3.63, 3.8) is 0 Å². The Morgan fingerprint density at radius 2 is 1.06 bits per heavy atom. The molecule has 4 aromatic carbocycles. The Bertz CT molecular complexity index is 2230. The van der Waals surface area contributed by atoms with Crippen LogP contribution in [0.1, 0.15) is 11.1 Å². The van der Waals surface area contributed by atoms with Gasteiger partial charge in [0.2, 0.25) is 0 Å². The molecule has 0 aliphatic carbocycles. The van der Waals surface area contributed by atoms with Gasteiger partial charge in [-0.15, -0.1) is 0 Å². The van der Waals surface area contributed by atoms with Crippen LogP contribution in [0.2, 0.25) is 0 Å². The van der Waals surface area contributed by atoms with Crippen LogP contribution in [0.5, 0.6) is 0 Å². The van der Waals surface area contributed by atoms with Gasteiger partial charge in [-0.1, -0.05) is 81.7 Å². The summed E-state index contributed by atoms with van der Waals surface area (Å²) in [7, 11) is -1.35. The first-order valence-electron chi connectivity index (χ1n) is 15.5. The summed E-state index contributed by atoms with van der Waals surface area (Å²) < 4.78 is 5.40. The molecule has 4 aromatic heterocycles. The van der Waals surface area contributed by atoms with E-state index >= 15 is 0 Å². The van der Waals surface area contributed by atoms with E-state index < -0.39 is 7.12 Å². The van der Waals surface area contributed by atoms with Gasteiger partial charge >= 0.3 is 7.12 Å². The van der Waals surface area contributed by atoms with Crippen LogP contribution in [-0.4, -0.2) is 36.3 Å². The van der Waals surface area contributed by atoms with E-state index in [0.29, 0.717) is 5.46 Å². The normalized spacial score (nSPS) is 10.6. The summed E-state index contributed by atoms with van der Waals surface area (Å²) in [6.45, 7) is 4.06. The van der Waals surface area contributed by atoms with Gasteiger partial charge in [-0.2, -0.15) is 0 Å². The van der Waals surface area contributed by atoms with Crippen molar-refractivity contribution in [1.29, 1.82) is 0 Å². The van der Waals surface area contributed by atoms with Gasteiger partial charge in [0.05, 0.1) is 34.8 Å². The molecular weight excluding hydrogens is 659 g/mol. The highest BCUT2D eigenvalue weighted by atomic mass is 79.9. The molecule has 2 N–H and O–H groups in total. The van der Waals surface area contributed by atoms with Crippen molar-refractivity contribution in [2.45, 2.75) is 13.8 Å². The maximum atomic E-state index is 8.67. The number of rotatable bonds is 4. The molecule has 0 saturated heterocycles. The Labute approximate surface area is 288 Å². The Morgan fingerprint density at radius 3 is 1.58 bits per heavy atom. The van der Waals surface area contributed by atoms with Crippen molar-refractivity contribution in [2.75, 3.05) is 0 Å². The van der Waals surface area contributed by atoms with Crippen molar-refractivity contribution in [1.82, 2.24) is 19.1 Å². The zero-order valence-electron chi connectivity index (χ0n) is 26.6. The minimum Gasteiger partial charge on any atom is -0.423 e. The molecule has 0 spiro atoms. The smallest absolute Gasteiger partial charge is 0.423 e. The molecule has 48 heavy (non-hydrogen) atoms. The summed E-state index contributed by atoms with van der Waals surface area (Å²) in [5.74, 6) is 0. The standard InChI is InChI=1S/C20H16N2.C13H9BrN2.C7H9BO2/c1-15-4-6-16(7-5-15)17-8-9-20-18(13-17)10-12-22(20)19-3-2-11-21-14-19;14-11-3-4-13-10(8-11)5-7-16(13)12-2-1-6-15-9-12;1-6-2-4-7(5-3-6)8(9)10/h2-14H,1H3;1-9H;2-5,9-10H,1H3. The van der Waals surface area contributed by atoms with Gasteiger partial charge in [-0.3, -0.25) is 9.97 Å². The Balaban J connectivity index is 0.000000135. The number of fused-ring (bicyclic) bond motifs is 2. The molecular formula is C40H34BBrN4O2. The summed E-state index contributed by atoms with van der Waals surface area (Å²) >= 11 is 3.48. The second-order valence-electron chi connectivity index (χ2n) is 11.4. The van der Waals surface area contributed by atoms with E-state index in [4.69, 9.17) is 10.0 Å². The molecule has 0 aliphatic heterocycles. The van der Waals surface area contributed by atoms with Crippen molar-refractivity contribution in [2.24, 2.45) is 0 Å². The summed E-state index contributed by atoms with van der Waals surface area (Å²) in [4.78, 5) is 8.33. The molecule has 0 bridgehead atoms. The molecule has 0 atom stereocenters. The zero-order chi connectivity index (χ0) is 33.5. The predicted octanol–water partition coefficient (Wildman–Crippen LogP) is 8.46. The van der Waals surface area contributed by atoms with Crippen molar-refractivity contribution in [3.05, 3.63) is 174 Å². The second-order valence-corrected chi connectivity index (χ2v) is 12.3. The second kappa shape index (κ2) is 15.1. The fourth-order valence-electron chi connectivity index (χ4n) is 5.36. The maximum absolute atomic E-state index is 8.67. The lowest BCUT2D eigenvalue weighted by Crippen LogP contribution is -2.29. The van der Waals surface area contributed by atoms with E-state index in [1.54, 1.807) is 24.5 Å². The average molecular weight is 693 g/mol. The zero-order valence-corrected chi connectivity index (χ0v) is 28.2. The lowest BCUT2D eigenvalue weighted by molar-refractivity contribution is 0.426. The van der Waals surface area contributed by atoms with Crippen molar-refractivity contribution >= 4 is 50.3 Å². The molecule has 8 rings (SSSR count). The van der Waals surface area contributed by atoms with E-state index in [1.165, 1.54) is 38.5 Å². The van der Waals surface area contributed by atoms with E-state index in [9.17, 15) is 0 Å². The molecule has 236 valence electrons. The highest BCUT2D eigenvalue weighted by molar-refractivity contribution is 9.10. The van der Waals surface area contributed by atoms with E-state index in [0.717, 1.165) is 21.4 Å². The number of hydrogen-bond acceptors (Lipinski definition) is 4. The van der Waals surface area contributed by atoms with Gasteiger partial charge in [0.15, 0.2) is 0 Å². The van der Waals surface area contributed by atoms with E-state index in [-0.39, 0.29) is 0 Å². The van der Waals surface area contributed by atoms with Crippen molar-refractivity contribution < 1.29 is 10.0 Å². The Kier molecular flexibility index (Phi) is 10.3. The quantitative estimate of drug-likeness (QED) is 0.182. The minimum absolute atomic E-state index is 0.533. The third-order valence-corrected chi connectivity index (χ3v) is 8.44. The maximum Gasteiger partial charge on any atom is 0.488 e. The molecule has 0 amide bonds. The summed E-state index contributed by atoms with van der Waals surface area (Å²) in [6.07, 6.45) is 11.5. The molecule has 0 unspecified atom stereocenters. The third kappa shape index (κ3) is 7.81. The van der Waals surface area contributed by atoms with Gasteiger partial charge in [-0.25, -0.2) is 0 Å². The number of hydrogen-bond donors (Lipinski definition) is 2. The van der Waals surface area contributed by atoms with Gasteiger partial charge in [0.25, 0.3) is 0 Å². The van der Waals surface area contributed by atoms with Gasteiger partial charge in [0.1, 0.15) is 0 Å². The lowest BCUT2D eigenvalue weighted by atomic mass is 9.80. The van der Waals surface area contributed by atoms with Crippen LogP contribution in [0.25, 0.3) is 44.3 Å². The predicted molar refractivity (Wildman–Crippen MR) is 201 cm³/mol. The van der Waals surface area contributed by atoms with Crippen LogP contribution >= 0.6 is 15.9 Å². The highest BCUT2D eigenvalue weighted by Gasteiger charge is 2.09. The van der Waals surface area contributed by atoms with E-state index in [2.05, 4.69) is 139 Å². The van der Waals surface area contributed by atoms with Crippen LogP contribution in [-0.2, 0) is 0 Å². The molecule has 0 aliphatic rings. The van der Waals surface area contributed by atoms with Crippen LogP contribution in [0, 0.1) is 13.8 Å². The minimum atomic E-state index is -1.35. The molecule has 4 heterocycles. The first-order valence-corrected chi connectivity index (χ1v) is 16.3. The monoisotopic (exact) mass is 692 g/mol. The number of nitrogens with zero attached hydrogens (tertiary/aromatic N) is 4. The van der Waals surface area contributed by atoms with Gasteiger partial charge in [0, 0.05) is 40.0 Å². The average Bonchev–Trinajstić information content (AvgIpc) is 3.74. The van der Waals surface area contributed by atoms with Crippen LogP contribution < -0.4 is 5.46 Å². The topological polar surface area (TPSA) is 76.1 Å². The van der Waals surface area contributed by atoms with Gasteiger partial charge in [-0.05, 0) is 97.2 Å². The molecule has 8 heteroatoms. The molecule has 6 nitrogen and oxygen atoms in total. The third-order valence-electron chi connectivity index (χ3n) is 7.95. The number of pyridine rings is 2. The fraction of sp³-hybridized carbons (Fsp3) is 0.0500. The summed E-state index contributed by atoms with van der Waals surface area (Å²) in [6, 6.07) is 40.9. The molecule has 8 aromatic rings. The first-order chi connectivity index (χ1) is 23.4. The fourth-order valence-corrected chi connectivity index (χ4v) is 5.74. The number of aromatic nitrogens is 4. The molecule has 0 saturated carbocycles. The summed E-state index contributed by atoms with van der Waals surface area (Å²) in [5.41, 5.74) is 9.99. The number of benzene rings is 4. The number of aryl methyl sites for hydroxylation is 2. The van der Waals surface area contributed by atoms with Crippen LogP contribution in [0.15, 0.2) is 163 Å². The molecule has 0 fully saturated rings. The Hall–Kier alpha value is -5.28.